The average molecular weight is 293 g/mol. The smallest absolute Gasteiger partial charge is 0.137 e. The largest absolute Gasteiger partial charge is 0.368 e. The van der Waals surface area contributed by atoms with E-state index in [2.05, 4.69) is 53.1 Å². The number of fused-ring (bicyclic) bond motifs is 1. The van der Waals surface area contributed by atoms with Crippen molar-refractivity contribution in [2.45, 2.75) is 26.3 Å². The Bertz CT molecular complexity index is 809. The number of rotatable bonds is 2. The molecular weight excluding hydrogens is 274 g/mol. The zero-order valence-electron chi connectivity index (χ0n) is 12.9. The van der Waals surface area contributed by atoms with Crippen molar-refractivity contribution in [3.63, 3.8) is 0 Å². The van der Waals surface area contributed by atoms with Crippen molar-refractivity contribution < 1.29 is 0 Å². The van der Waals surface area contributed by atoms with Gasteiger partial charge in [0.05, 0.1) is 17.2 Å². The summed E-state index contributed by atoms with van der Waals surface area (Å²) in [6, 6.07) is 8.81. The van der Waals surface area contributed by atoms with Crippen molar-refractivity contribution in [3.8, 4) is 0 Å². The summed E-state index contributed by atoms with van der Waals surface area (Å²) in [7, 11) is 0. The maximum atomic E-state index is 4.72. The van der Waals surface area contributed by atoms with Crippen molar-refractivity contribution in [1.29, 1.82) is 0 Å². The molecule has 1 fully saturated rings. The van der Waals surface area contributed by atoms with Crippen LogP contribution < -0.4 is 4.90 Å². The molecule has 0 N–H and O–H groups in total. The molecule has 3 aromatic rings. The summed E-state index contributed by atoms with van der Waals surface area (Å²) in [5.41, 5.74) is 4.78. The molecule has 0 aliphatic carbocycles. The minimum atomic E-state index is 0.397. The number of para-hydroxylation sites is 1. The summed E-state index contributed by atoms with van der Waals surface area (Å²) < 4.78 is 1.98. The summed E-state index contributed by atoms with van der Waals surface area (Å²) in [5.74, 6) is 0. The second-order valence-corrected chi connectivity index (χ2v) is 5.95. The standard InChI is InChI=1S/C17H19N5/c1-12-13(2)20-16-6-4-3-5-15(16)17(12)21-8-7-14(9-21)22-11-18-10-19-22/h3-6,10-11,14H,7-9H2,1-2H3. The van der Waals surface area contributed by atoms with Crippen molar-refractivity contribution >= 4 is 16.6 Å². The van der Waals surface area contributed by atoms with Gasteiger partial charge in [0.25, 0.3) is 0 Å². The summed E-state index contributed by atoms with van der Waals surface area (Å²) >= 11 is 0. The number of pyridine rings is 1. The maximum Gasteiger partial charge on any atom is 0.137 e. The van der Waals surface area contributed by atoms with Gasteiger partial charge < -0.3 is 4.90 Å². The molecule has 22 heavy (non-hydrogen) atoms. The highest BCUT2D eigenvalue weighted by atomic mass is 15.4. The van der Waals surface area contributed by atoms with Crippen LogP contribution in [0.3, 0.4) is 0 Å². The van der Waals surface area contributed by atoms with Gasteiger partial charge in [-0.25, -0.2) is 9.67 Å². The van der Waals surface area contributed by atoms with E-state index in [0.717, 1.165) is 30.7 Å². The number of anilines is 1. The van der Waals surface area contributed by atoms with Crippen molar-refractivity contribution in [1.82, 2.24) is 19.7 Å². The zero-order valence-corrected chi connectivity index (χ0v) is 12.9. The first kappa shape index (κ1) is 13.2. The third-order valence-electron chi connectivity index (χ3n) is 4.64. The molecule has 3 heterocycles. The van der Waals surface area contributed by atoms with Crippen LogP contribution in [0.4, 0.5) is 5.69 Å². The van der Waals surface area contributed by atoms with Gasteiger partial charge in [0.1, 0.15) is 12.7 Å². The predicted molar refractivity (Wildman–Crippen MR) is 87.1 cm³/mol. The lowest BCUT2D eigenvalue weighted by Gasteiger charge is -2.24. The Balaban J connectivity index is 1.77. The van der Waals surface area contributed by atoms with E-state index in [1.165, 1.54) is 16.6 Å². The Hall–Kier alpha value is -2.43. The summed E-state index contributed by atoms with van der Waals surface area (Å²) in [6.07, 6.45) is 4.52. The van der Waals surface area contributed by atoms with Crippen LogP contribution in [0.25, 0.3) is 10.9 Å². The highest BCUT2D eigenvalue weighted by Gasteiger charge is 2.27. The van der Waals surface area contributed by atoms with Crippen LogP contribution >= 0.6 is 0 Å². The number of aromatic nitrogens is 4. The predicted octanol–water partition coefficient (Wildman–Crippen LogP) is 2.89. The normalized spacial score (nSPS) is 18.3. The van der Waals surface area contributed by atoms with Crippen molar-refractivity contribution in [2.24, 2.45) is 0 Å². The molecule has 112 valence electrons. The first-order chi connectivity index (χ1) is 10.7. The van der Waals surface area contributed by atoms with Crippen LogP contribution in [0.15, 0.2) is 36.9 Å². The summed E-state index contributed by atoms with van der Waals surface area (Å²) in [5, 5.41) is 5.54. The first-order valence-electron chi connectivity index (χ1n) is 7.69. The Morgan fingerprint density at radius 2 is 2.05 bits per heavy atom. The summed E-state index contributed by atoms with van der Waals surface area (Å²) in [4.78, 5) is 11.3. The van der Waals surface area contributed by atoms with Crippen LogP contribution in [-0.2, 0) is 0 Å². The topological polar surface area (TPSA) is 46.8 Å². The van der Waals surface area contributed by atoms with E-state index in [1.54, 1.807) is 6.33 Å². The molecule has 1 aromatic carbocycles. The second-order valence-electron chi connectivity index (χ2n) is 5.95. The highest BCUT2D eigenvalue weighted by Crippen LogP contribution is 2.35. The van der Waals surface area contributed by atoms with E-state index in [0.29, 0.717) is 6.04 Å². The van der Waals surface area contributed by atoms with Gasteiger partial charge in [0, 0.05) is 24.2 Å². The van der Waals surface area contributed by atoms with Crippen molar-refractivity contribution in [3.05, 3.63) is 48.2 Å². The number of hydrogen-bond donors (Lipinski definition) is 0. The van der Waals surface area contributed by atoms with Gasteiger partial charge in [-0.3, -0.25) is 4.98 Å². The van der Waals surface area contributed by atoms with E-state index < -0.39 is 0 Å². The lowest BCUT2D eigenvalue weighted by molar-refractivity contribution is 0.493. The molecule has 2 aromatic heterocycles. The molecule has 1 aliphatic rings. The van der Waals surface area contributed by atoms with Gasteiger partial charge >= 0.3 is 0 Å². The molecule has 1 atom stereocenters. The van der Waals surface area contributed by atoms with Crippen LogP contribution in [0.1, 0.15) is 23.7 Å². The molecule has 1 unspecified atom stereocenters. The molecule has 0 amide bonds. The van der Waals surface area contributed by atoms with Crippen LogP contribution in [0.5, 0.6) is 0 Å². The van der Waals surface area contributed by atoms with Crippen LogP contribution in [-0.4, -0.2) is 32.8 Å². The van der Waals surface area contributed by atoms with Crippen LogP contribution in [0.2, 0.25) is 0 Å². The number of aryl methyl sites for hydroxylation is 1. The molecule has 0 radical (unpaired) electrons. The Morgan fingerprint density at radius 3 is 2.86 bits per heavy atom. The van der Waals surface area contributed by atoms with Crippen molar-refractivity contribution in [2.75, 3.05) is 18.0 Å². The summed E-state index contributed by atoms with van der Waals surface area (Å²) in [6.45, 7) is 6.28. The molecule has 0 spiro atoms. The lowest BCUT2D eigenvalue weighted by atomic mass is 10.1. The molecule has 1 saturated heterocycles. The van der Waals surface area contributed by atoms with E-state index in [9.17, 15) is 0 Å². The first-order valence-corrected chi connectivity index (χ1v) is 7.69. The average Bonchev–Trinajstić information content (AvgIpc) is 3.19. The number of hydrogen-bond acceptors (Lipinski definition) is 4. The number of nitrogens with zero attached hydrogens (tertiary/aromatic N) is 5. The fourth-order valence-electron chi connectivity index (χ4n) is 3.38. The van der Waals surface area contributed by atoms with Gasteiger partial charge in [-0.05, 0) is 31.9 Å². The number of benzene rings is 1. The lowest BCUT2D eigenvalue weighted by Crippen LogP contribution is -2.22. The van der Waals surface area contributed by atoms with E-state index in [4.69, 9.17) is 4.98 Å². The molecular formula is C17H19N5. The fraction of sp³-hybridized carbons (Fsp3) is 0.353. The van der Waals surface area contributed by atoms with Gasteiger partial charge in [-0.2, -0.15) is 5.10 Å². The SMILES string of the molecule is Cc1nc2ccccc2c(N2CCC(n3cncn3)C2)c1C. The Morgan fingerprint density at radius 1 is 1.18 bits per heavy atom. The fourth-order valence-corrected chi connectivity index (χ4v) is 3.38. The molecule has 5 heteroatoms. The maximum absolute atomic E-state index is 4.72. The monoisotopic (exact) mass is 293 g/mol. The molecule has 4 rings (SSSR count). The minimum absolute atomic E-state index is 0.397. The Kier molecular flexibility index (Phi) is 3.06. The van der Waals surface area contributed by atoms with E-state index >= 15 is 0 Å². The van der Waals surface area contributed by atoms with Gasteiger partial charge in [0.2, 0.25) is 0 Å². The third-order valence-corrected chi connectivity index (χ3v) is 4.64. The van der Waals surface area contributed by atoms with Gasteiger partial charge in [-0.1, -0.05) is 18.2 Å². The second kappa shape index (κ2) is 5.09. The molecule has 5 nitrogen and oxygen atoms in total. The Labute approximate surface area is 129 Å². The molecule has 0 saturated carbocycles. The third kappa shape index (κ3) is 2.04. The quantitative estimate of drug-likeness (QED) is 0.729. The van der Waals surface area contributed by atoms with Gasteiger partial charge in [-0.15, -0.1) is 0 Å². The molecule has 0 bridgehead atoms. The minimum Gasteiger partial charge on any atom is -0.368 e. The van der Waals surface area contributed by atoms with E-state index in [-0.39, 0.29) is 0 Å². The van der Waals surface area contributed by atoms with E-state index in [1.807, 2.05) is 11.0 Å². The molecule has 1 aliphatic heterocycles. The zero-order chi connectivity index (χ0) is 15.1. The highest BCUT2D eigenvalue weighted by molar-refractivity contribution is 5.94. The van der Waals surface area contributed by atoms with Crippen LogP contribution in [0, 0.1) is 13.8 Å². The van der Waals surface area contributed by atoms with Gasteiger partial charge in [0.15, 0.2) is 0 Å².